The van der Waals surface area contributed by atoms with Gasteiger partial charge in [0, 0.05) is 0 Å². The van der Waals surface area contributed by atoms with E-state index in [9.17, 15) is 0 Å². The van der Waals surface area contributed by atoms with Gasteiger partial charge in [-0.15, -0.1) is 0 Å². The van der Waals surface area contributed by atoms with Gasteiger partial charge in [0.1, 0.15) is 0 Å². The van der Waals surface area contributed by atoms with E-state index in [4.69, 9.17) is 0 Å². The third-order valence-electron chi connectivity index (χ3n) is 7.68. The minimum atomic E-state index is -4.00. The second kappa shape index (κ2) is 12.5. The summed E-state index contributed by atoms with van der Waals surface area (Å²) >= 11 is -8.00. The van der Waals surface area contributed by atoms with Crippen molar-refractivity contribution in [3.63, 3.8) is 0 Å². The zero-order valence-electron chi connectivity index (χ0n) is 22.3. The van der Waals surface area contributed by atoms with Crippen molar-refractivity contribution in [2.75, 3.05) is 0 Å². The van der Waals surface area contributed by atoms with Crippen molar-refractivity contribution < 1.29 is 0 Å². The molecule has 0 aliphatic carbocycles. The van der Waals surface area contributed by atoms with Gasteiger partial charge in [0.05, 0.1) is 0 Å². The van der Waals surface area contributed by atoms with Crippen molar-refractivity contribution in [3.05, 3.63) is 182 Å². The molecule has 6 rings (SSSR count). The van der Waals surface area contributed by atoms with E-state index in [1.807, 2.05) is 0 Å². The SMILES string of the molecule is [C](#[C][Pb]([c]1ccccc1)([c]1ccccc1)[c]1ccccc1)[Pb]([c]1ccccc1)([c]1ccccc1)[c]1ccccc1. The summed E-state index contributed by atoms with van der Waals surface area (Å²) in [5.41, 5.74) is 0. The first kappa shape index (κ1) is 26.9. The number of rotatable bonds is 6. The van der Waals surface area contributed by atoms with Crippen LogP contribution in [0.4, 0.5) is 0 Å². The Balaban J connectivity index is 1.75. The molecule has 0 bridgehead atoms. The fourth-order valence-corrected chi connectivity index (χ4v) is 47.3. The van der Waals surface area contributed by atoms with Crippen LogP contribution in [0.15, 0.2) is 182 Å². The Bertz CT molecular complexity index is 1380. The molecule has 0 aromatic heterocycles. The molecular weight excluding hydrogens is 871 g/mol. The number of hydrogen-bond donors (Lipinski definition) is 0. The zero-order chi connectivity index (χ0) is 27.1. The molecule has 0 radical (unpaired) electrons. The molecule has 2 heteroatoms. The van der Waals surface area contributed by atoms with E-state index < -0.39 is 42.3 Å². The van der Waals surface area contributed by atoms with E-state index in [0.717, 1.165) is 0 Å². The van der Waals surface area contributed by atoms with Gasteiger partial charge < -0.3 is 0 Å². The first-order valence-electron chi connectivity index (χ1n) is 13.7. The van der Waals surface area contributed by atoms with Crippen LogP contribution >= 0.6 is 0 Å². The van der Waals surface area contributed by atoms with Gasteiger partial charge in [-0.1, -0.05) is 0 Å². The summed E-state index contributed by atoms with van der Waals surface area (Å²) in [4.78, 5) is 0. The van der Waals surface area contributed by atoms with E-state index >= 15 is 0 Å². The fraction of sp³-hybridized carbons (Fsp3) is 0. The van der Waals surface area contributed by atoms with Gasteiger partial charge in [-0.2, -0.15) is 0 Å². The van der Waals surface area contributed by atoms with Crippen molar-refractivity contribution in [1.29, 1.82) is 0 Å². The van der Waals surface area contributed by atoms with E-state index in [1.54, 1.807) is 0 Å². The van der Waals surface area contributed by atoms with Crippen molar-refractivity contribution >= 4 is 61.1 Å². The molecule has 0 saturated carbocycles. The van der Waals surface area contributed by atoms with Crippen molar-refractivity contribution in [2.24, 2.45) is 0 Å². The summed E-state index contributed by atoms with van der Waals surface area (Å²) in [7, 11) is 0. The Hall–Kier alpha value is -3.28. The summed E-state index contributed by atoms with van der Waals surface area (Å²) in [6.07, 6.45) is 0. The van der Waals surface area contributed by atoms with Crippen LogP contribution in [0.25, 0.3) is 0 Å². The maximum atomic E-state index is 4.29. The molecule has 6 aromatic carbocycles. The van der Waals surface area contributed by atoms with E-state index in [1.165, 1.54) is 18.7 Å². The molecule has 0 atom stereocenters. The van der Waals surface area contributed by atoms with Crippen LogP contribution in [-0.4, -0.2) is 42.3 Å². The van der Waals surface area contributed by atoms with Crippen LogP contribution in [0.5, 0.6) is 0 Å². The van der Waals surface area contributed by atoms with Crippen molar-refractivity contribution in [3.8, 4) is 6.96 Å². The van der Waals surface area contributed by atoms with Crippen molar-refractivity contribution in [1.82, 2.24) is 0 Å². The molecular formula is C38H30Pb2. The first-order chi connectivity index (χ1) is 19.8. The predicted octanol–water partition coefficient (Wildman–Crippen LogP) is 4.41. The molecule has 0 N–H and O–H groups in total. The Morgan fingerprint density at radius 3 is 0.525 bits per heavy atom. The van der Waals surface area contributed by atoms with Gasteiger partial charge in [0.25, 0.3) is 0 Å². The van der Waals surface area contributed by atoms with Crippen LogP contribution in [0.2, 0.25) is 0 Å². The first-order valence-corrected chi connectivity index (χ1v) is 29.3. The normalized spacial score (nSPS) is 11.3. The third-order valence-corrected chi connectivity index (χ3v) is 43.3. The number of benzene rings is 6. The van der Waals surface area contributed by atoms with Crippen LogP contribution in [0.3, 0.4) is 0 Å². The summed E-state index contributed by atoms with van der Waals surface area (Å²) < 4.78 is 17.0. The van der Waals surface area contributed by atoms with E-state index in [0.29, 0.717) is 0 Å². The van der Waals surface area contributed by atoms with Crippen LogP contribution in [0, 0.1) is 6.96 Å². The Morgan fingerprint density at radius 1 is 0.225 bits per heavy atom. The average molecular weight is 901 g/mol. The van der Waals surface area contributed by atoms with E-state index in [2.05, 4.69) is 189 Å². The molecule has 0 saturated heterocycles. The molecule has 0 amide bonds. The second-order valence-electron chi connectivity index (χ2n) is 9.95. The molecule has 0 aliphatic heterocycles. The average Bonchev–Trinajstić information content (AvgIpc) is 3.06. The topological polar surface area (TPSA) is 0 Å². The summed E-state index contributed by atoms with van der Waals surface area (Å²) in [5, 5.41) is 0. The Morgan fingerprint density at radius 2 is 0.375 bits per heavy atom. The quantitative estimate of drug-likeness (QED) is 0.172. The van der Waals surface area contributed by atoms with Gasteiger partial charge in [0.15, 0.2) is 0 Å². The van der Waals surface area contributed by atoms with Crippen LogP contribution in [0.1, 0.15) is 0 Å². The zero-order valence-corrected chi connectivity index (χ0v) is 30.1. The Kier molecular flexibility index (Phi) is 8.41. The third kappa shape index (κ3) is 5.13. The van der Waals surface area contributed by atoms with Crippen molar-refractivity contribution in [2.45, 2.75) is 0 Å². The molecule has 0 nitrogen and oxygen atoms in total. The second-order valence-corrected chi connectivity index (χ2v) is 37.0. The Labute approximate surface area is 247 Å². The van der Waals surface area contributed by atoms with Gasteiger partial charge in [-0.05, 0) is 0 Å². The monoisotopic (exact) mass is 902 g/mol. The predicted molar refractivity (Wildman–Crippen MR) is 176 cm³/mol. The van der Waals surface area contributed by atoms with Crippen LogP contribution in [-0.2, 0) is 0 Å². The molecule has 190 valence electrons. The van der Waals surface area contributed by atoms with Crippen LogP contribution < -0.4 is 18.7 Å². The molecule has 0 unspecified atom stereocenters. The summed E-state index contributed by atoms with van der Waals surface area (Å²) in [6.45, 7) is 0. The van der Waals surface area contributed by atoms with Gasteiger partial charge >= 0.3 is 250 Å². The minimum absolute atomic E-state index is 1.40. The maximum absolute atomic E-state index is 4.29. The molecule has 0 heterocycles. The number of hydrogen-bond acceptors (Lipinski definition) is 0. The van der Waals surface area contributed by atoms with Gasteiger partial charge in [-0.25, -0.2) is 0 Å². The molecule has 40 heavy (non-hydrogen) atoms. The summed E-state index contributed by atoms with van der Waals surface area (Å²) in [6, 6.07) is 66.7. The fourth-order valence-electron chi connectivity index (χ4n) is 5.75. The standard InChI is InChI=1S/6C6H5.C2.2Pb/c6*1-2-4-6-5-3-1;1-2;;/h6*1-5H;;;. The van der Waals surface area contributed by atoms with E-state index in [-0.39, 0.29) is 0 Å². The van der Waals surface area contributed by atoms with Gasteiger partial charge in [0.2, 0.25) is 0 Å². The molecule has 6 aromatic rings. The summed E-state index contributed by atoms with van der Waals surface area (Å²) in [5.74, 6) is 0. The molecule has 0 fully saturated rings. The van der Waals surface area contributed by atoms with Gasteiger partial charge in [-0.3, -0.25) is 0 Å². The molecule has 0 aliphatic rings. The molecule has 0 spiro atoms.